The Labute approximate surface area is 186 Å². The summed E-state index contributed by atoms with van der Waals surface area (Å²) < 4.78 is 1.94. The molecule has 1 saturated carbocycles. The molecule has 2 amide bonds. The number of carbonyl (C=O) groups is 1. The van der Waals surface area contributed by atoms with Crippen LogP contribution in [0.15, 0.2) is 35.3 Å². The molecule has 3 aromatic rings. The average molecular weight is 436 g/mol. The largest absolute Gasteiger partial charge is 0.378 e. The lowest BCUT2D eigenvalue weighted by molar-refractivity contribution is 0.161. The highest BCUT2D eigenvalue weighted by atomic mass is 16.2. The van der Waals surface area contributed by atoms with E-state index in [2.05, 4.69) is 15.4 Å². The second-order valence-corrected chi connectivity index (χ2v) is 9.05. The van der Waals surface area contributed by atoms with E-state index in [0.29, 0.717) is 36.0 Å². The van der Waals surface area contributed by atoms with E-state index in [0.717, 1.165) is 24.2 Å². The Morgan fingerprint density at radius 2 is 1.97 bits per heavy atom. The normalized spacial score (nSPS) is 17.4. The van der Waals surface area contributed by atoms with Gasteiger partial charge in [-0.15, -0.1) is 0 Å². The fourth-order valence-electron chi connectivity index (χ4n) is 4.62. The topological polar surface area (TPSA) is 99.2 Å². The van der Waals surface area contributed by atoms with E-state index in [1.807, 2.05) is 47.9 Å². The SMILES string of the molecule is CN(C)c1cccc(NC(=O)N2CC(c3nc4c(cnn4C4CCCCC4)c(=O)[nH]3)C2)c1. The third-order valence-corrected chi connectivity index (χ3v) is 6.57. The van der Waals surface area contributed by atoms with Gasteiger partial charge < -0.3 is 20.1 Å². The molecule has 1 aliphatic carbocycles. The number of benzene rings is 1. The van der Waals surface area contributed by atoms with Crippen molar-refractivity contribution in [2.24, 2.45) is 0 Å². The molecular formula is C23H29N7O2. The van der Waals surface area contributed by atoms with E-state index < -0.39 is 0 Å². The van der Waals surface area contributed by atoms with E-state index in [-0.39, 0.29) is 17.5 Å². The van der Waals surface area contributed by atoms with Crippen molar-refractivity contribution < 1.29 is 4.79 Å². The predicted octanol–water partition coefficient (Wildman–Crippen LogP) is 3.32. The zero-order chi connectivity index (χ0) is 22.2. The summed E-state index contributed by atoms with van der Waals surface area (Å²) in [5, 5.41) is 7.98. The van der Waals surface area contributed by atoms with Crippen LogP contribution in [0.3, 0.4) is 0 Å². The highest BCUT2D eigenvalue weighted by Crippen LogP contribution is 2.30. The number of urea groups is 1. The number of aromatic nitrogens is 4. The highest BCUT2D eigenvalue weighted by Gasteiger charge is 2.34. The second-order valence-electron chi connectivity index (χ2n) is 9.05. The van der Waals surface area contributed by atoms with Crippen molar-refractivity contribution in [1.82, 2.24) is 24.6 Å². The first-order valence-corrected chi connectivity index (χ1v) is 11.3. The van der Waals surface area contributed by atoms with Gasteiger partial charge in [-0.1, -0.05) is 25.3 Å². The average Bonchev–Trinajstić information content (AvgIpc) is 3.18. The zero-order valence-corrected chi connectivity index (χ0v) is 18.5. The van der Waals surface area contributed by atoms with E-state index >= 15 is 0 Å². The second kappa shape index (κ2) is 8.29. The van der Waals surface area contributed by atoms with Gasteiger partial charge in [-0.05, 0) is 31.0 Å². The summed E-state index contributed by atoms with van der Waals surface area (Å²) in [6.45, 7) is 1.04. The summed E-state index contributed by atoms with van der Waals surface area (Å²) in [4.78, 5) is 36.7. The molecule has 9 nitrogen and oxygen atoms in total. The minimum absolute atomic E-state index is 0.0145. The fraction of sp³-hybridized carbons (Fsp3) is 0.478. The van der Waals surface area contributed by atoms with Gasteiger partial charge in [-0.25, -0.2) is 14.5 Å². The molecule has 1 aromatic carbocycles. The van der Waals surface area contributed by atoms with Crippen molar-refractivity contribution in [3.8, 4) is 0 Å². The van der Waals surface area contributed by atoms with E-state index in [1.54, 1.807) is 11.1 Å². The van der Waals surface area contributed by atoms with Crippen LogP contribution in [0.4, 0.5) is 16.2 Å². The van der Waals surface area contributed by atoms with E-state index in [1.165, 1.54) is 19.3 Å². The van der Waals surface area contributed by atoms with Crippen molar-refractivity contribution in [2.45, 2.75) is 44.1 Å². The summed E-state index contributed by atoms with van der Waals surface area (Å²) in [5.74, 6) is 0.652. The van der Waals surface area contributed by atoms with Gasteiger partial charge in [-0.3, -0.25) is 4.79 Å². The van der Waals surface area contributed by atoms with E-state index in [4.69, 9.17) is 4.98 Å². The quantitative estimate of drug-likeness (QED) is 0.655. The Morgan fingerprint density at radius 3 is 2.72 bits per heavy atom. The van der Waals surface area contributed by atoms with Crippen molar-refractivity contribution in [3.05, 3.63) is 46.6 Å². The van der Waals surface area contributed by atoms with Crippen LogP contribution in [-0.4, -0.2) is 57.9 Å². The number of anilines is 2. The van der Waals surface area contributed by atoms with Crippen molar-refractivity contribution in [2.75, 3.05) is 37.4 Å². The molecule has 1 aliphatic heterocycles. The van der Waals surface area contributed by atoms with Gasteiger partial charge in [0.1, 0.15) is 11.2 Å². The summed E-state index contributed by atoms with van der Waals surface area (Å²) in [7, 11) is 3.93. The van der Waals surface area contributed by atoms with Gasteiger partial charge in [0, 0.05) is 38.6 Å². The molecule has 0 radical (unpaired) electrons. The number of H-pyrrole nitrogens is 1. The van der Waals surface area contributed by atoms with Gasteiger partial charge in [0.15, 0.2) is 5.65 Å². The van der Waals surface area contributed by atoms with Crippen LogP contribution in [0.25, 0.3) is 11.0 Å². The Morgan fingerprint density at radius 1 is 1.19 bits per heavy atom. The number of amides is 2. The standard InChI is InChI=1S/C23H29N7O2/c1-28(2)18-10-6-7-16(11-18)25-23(32)29-13-15(14-29)20-26-21-19(22(31)27-20)12-24-30(21)17-8-4-3-5-9-17/h6-7,10-12,15,17H,3-5,8-9,13-14H2,1-2H3,(H,25,32)(H,26,27,31). The number of carbonyl (C=O) groups excluding carboxylic acids is 1. The molecule has 2 aliphatic rings. The molecule has 9 heteroatoms. The molecule has 0 spiro atoms. The van der Waals surface area contributed by atoms with Gasteiger partial charge in [0.05, 0.1) is 18.2 Å². The van der Waals surface area contributed by atoms with Crippen LogP contribution in [0.2, 0.25) is 0 Å². The number of nitrogens with one attached hydrogen (secondary N) is 2. The Kier molecular flexibility index (Phi) is 5.32. The van der Waals surface area contributed by atoms with Gasteiger partial charge >= 0.3 is 6.03 Å². The number of likely N-dealkylation sites (tertiary alicyclic amines) is 1. The maximum absolute atomic E-state index is 12.6. The molecule has 32 heavy (non-hydrogen) atoms. The Bertz CT molecular complexity index is 1190. The molecule has 0 unspecified atom stereocenters. The lowest BCUT2D eigenvalue weighted by atomic mass is 9.96. The minimum atomic E-state index is -0.157. The smallest absolute Gasteiger partial charge is 0.321 e. The molecule has 0 atom stereocenters. The number of aromatic amines is 1. The molecule has 2 fully saturated rings. The fourth-order valence-corrected chi connectivity index (χ4v) is 4.62. The first-order valence-electron chi connectivity index (χ1n) is 11.3. The molecule has 1 saturated heterocycles. The monoisotopic (exact) mass is 435 g/mol. The van der Waals surface area contributed by atoms with Crippen LogP contribution < -0.4 is 15.8 Å². The van der Waals surface area contributed by atoms with Crippen LogP contribution in [0, 0.1) is 0 Å². The summed E-state index contributed by atoms with van der Waals surface area (Å²) in [6.07, 6.45) is 7.41. The van der Waals surface area contributed by atoms with Crippen molar-refractivity contribution >= 4 is 28.4 Å². The van der Waals surface area contributed by atoms with E-state index in [9.17, 15) is 9.59 Å². The number of hydrogen-bond acceptors (Lipinski definition) is 5. The number of hydrogen-bond donors (Lipinski definition) is 2. The van der Waals surface area contributed by atoms with Gasteiger partial charge in [0.2, 0.25) is 0 Å². The molecule has 168 valence electrons. The molecule has 2 N–H and O–H groups in total. The third-order valence-electron chi connectivity index (χ3n) is 6.57. The first kappa shape index (κ1) is 20.5. The van der Waals surface area contributed by atoms with Crippen molar-refractivity contribution in [3.63, 3.8) is 0 Å². The molecule has 0 bridgehead atoms. The number of nitrogens with zero attached hydrogens (tertiary/aromatic N) is 5. The molecular weight excluding hydrogens is 406 g/mol. The lowest BCUT2D eigenvalue weighted by Crippen LogP contribution is -2.51. The van der Waals surface area contributed by atoms with Crippen LogP contribution in [0.1, 0.15) is 49.9 Å². The maximum atomic E-state index is 12.6. The number of rotatable bonds is 4. The summed E-state index contributed by atoms with van der Waals surface area (Å²) in [5.41, 5.74) is 2.29. The van der Waals surface area contributed by atoms with Gasteiger partial charge in [-0.2, -0.15) is 5.10 Å². The third kappa shape index (κ3) is 3.83. The number of fused-ring (bicyclic) bond motifs is 1. The maximum Gasteiger partial charge on any atom is 0.321 e. The molecule has 2 aromatic heterocycles. The van der Waals surface area contributed by atoms with Crippen molar-refractivity contribution in [1.29, 1.82) is 0 Å². The van der Waals surface area contributed by atoms with Gasteiger partial charge in [0.25, 0.3) is 5.56 Å². The highest BCUT2D eigenvalue weighted by molar-refractivity contribution is 5.90. The first-order chi connectivity index (χ1) is 15.5. The lowest BCUT2D eigenvalue weighted by Gasteiger charge is -2.38. The summed E-state index contributed by atoms with van der Waals surface area (Å²) >= 11 is 0. The predicted molar refractivity (Wildman–Crippen MR) is 124 cm³/mol. The zero-order valence-electron chi connectivity index (χ0n) is 18.5. The Hall–Kier alpha value is -3.36. The minimum Gasteiger partial charge on any atom is -0.378 e. The van der Waals surface area contributed by atoms with Crippen LogP contribution in [-0.2, 0) is 0 Å². The van der Waals surface area contributed by atoms with Crippen LogP contribution in [0.5, 0.6) is 0 Å². The molecule has 3 heterocycles. The Balaban J connectivity index is 1.29. The summed E-state index contributed by atoms with van der Waals surface area (Å²) in [6, 6.07) is 7.89. The molecule has 5 rings (SSSR count). The van der Waals surface area contributed by atoms with Crippen LogP contribution >= 0.6 is 0 Å².